The Morgan fingerprint density at radius 1 is 0.970 bits per heavy atom. The minimum Gasteiger partial charge on any atom is -0.321 e. The van der Waals surface area contributed by atoms with Gasteiger partial charge in [-0.1, -0.05) is 30.3 Å². The molecule has 4 rings (SSSR count). The lowest BCUT2D eigenvalue weighted by Crippen LogP contribution is -2.56. The summed E-state index contributed by atoms with van der Waals surface area (Å²) in [7, 11) is -3.86. The second-order valence-corrected chi connectivity index (χ2v) is 10.2. The second-order valence-electron chi connectivity index (χ2n) is 8.57. The van der Waals surface area contributed by atoms with Gasteiger partial charge in [-0.3, -0.25) is 9.80 Å². The van der Waals surface area contributed by atoms with E-state index in [-0.39, 0.29) is 4.90 Å². The molecule has 0 aliphatic carbocycles. The summed E-state index contributed by atoms with van der Waals surface area (Å²) in [5.41, 5.74) is 1.86. The van der Waals surface area contributed by atoms with Crippen molar-refractivity contribution < 1.29 is 13.2 Å². The number of amides is 2. The number of hydrogen-bond acceptors (Lipinski definition) is 6. The van der Waals surface area contributed by atoms with Gasteiger partial charge in [-0.2, -0.15) is 5.26 Å². The van der Waals surface area contributed by atoms with Crippen molar-refractivity contribution in [1.29, 1.82) is 5.26 Å². The SMILES string of the molecule is N#Cc1cccc(CN2CCC(N3CCN(C(=O)NS(=O)(=O)c4ccccc4)CC3)CC2)c1. The zero-order chi connectivity index (χ0) is 23.3. The molecule has 8 nitrogen and oxygen atoms in total. The fraction of sp³-hybridized carbons (Fsp3) is 0.417. The Labute approximate surface area is 195 Å². The molecule has 1 N–H and O–H groups in total. The number of nitrogens with zero attached hydrogens (tertiary/aromatic N) is 4. The molecule has 2 heterocycles. The molecule has 2 aromatic carbocycles. The lowest BCUT2D eigenvalue weighted by atomic mass is 10.0. The number of benzene rings is 2. The van der Waals surface area contributed by atoms with Crippen molar-refractivity contribution in [2.75, 3.05) is 39.3 Å². The molecule has 2 aromatic rings. The third-order valence-electron chi connectivity index (χ3n) is 6.41. The first-order valence-corrected chi connectivity index (χ1v) is 12.7. The number of hydrogen-bond donors (Lipinski definition) is 1. The zero-order valence-electron chi connectivity index (χ0n) is 18.6. The van der Waals surface area contributed by atoms with Crippen molar-refractivity contribution in [3.63, 3.8) is 0 Å². The first kappa shape index (κ1) is 23.2. The number of rotatable bonds is 5. The molecule has 33 heavy (non-hydrogen) atoms. The summed E-state index contributed by atoms with van der Waals surface area (Å²) in [5, 5.41) is 9.08. The van der Waals surface area contributed by atoms with Gasteiger partial charge in [-0.25, -0.2) is 17.9 Å². The van der Waals surface area contributed by atoms with Gasteiger partial charge in [-0.15, -0.1) is 0 Å². The van der Waals surface area contributed by atoms with Gasteiger partial charge in [0.2, 0.25) is 0 Å². The van der Waals surface area contributed by atoms with Gasteiger partial charge in [0.25, 0.3) is 10.0 Å². The topological polar surface area (TPSA) is 96.8 Å². The molecular formula is C24H29N5O3S. The van der Waals surface area contributed by atoms with Crippen LogP contribution in [-0.2, 0) is 16.6 Å². The Balaban J connectivity index is 1.22. The number of likely N-dealkylation sites (tertiary alicyclic amines) is 1. The molecule has 0 atom stereocenters. The highest BCUT2D eigenvalue weighted by molar-refractivity contribution is 7.90. The van der Waals surface area contributed by atoms with Crippen LogP contribution >= 0.6 is 0 Å². The van der Waals surface area contributed by atoms with E-state index in [9.17, 15) is 13.2 Å². The number of urea groups is 1. The third kappa shape index (κ3) is 5.90. The van der Waals surface area contributed by atoms with Gasteiger partial charge in [0.15, 0.2) is 0 Å². The maximum absolute atomic E-state index is 12.5. The molecule has 0 bridgehead atoms. The highest BCUT2D eigenvalue weighted by Crippen LogP contribution is 2.20. The van der Waals surface area contributed by atoms with Crippen LogP contribution in [0, 0.1) is 11.3 Å². The van der Waals surface area contributed by atoms with Crippen molar-refractivity contribution in [1.82, 2.24) is 19.4 Å². The number of nitrogens with one attached hydrogen (secondary N) is 1. The average Bonchev–Trinajstić information content (AvgIpc) is 2.85. The lowest BCUT2D eigenvalue weighted by Gasteiger charge is -2.42. The predicted octanol–water partition coefficient (Wildman–Crippen LogP) is 2.24. The van der Waals surface area contributed by atoms with Crippen molar-refractivity contribution in [2.45, 2.75) is 30.3 Å². The summed E-state index contributed by atoms with van der Waals surface area (Å²) in [6.07, 6.45) is 2.12. The van der Waals surface area contributed by atoms with Gasteiger partial charge in [0, 0.05) is 38.8 Å². The number of piperidine rings is 1. The normalized spacial score (nSPS) is 18.6. The fourth-order valence-electron chi connectivity index (χ4n) is 4.57. The molecule has 2 amide bonds. The molecule has 2 aliphatic heterocycles. The Morgan fingerprint density at radius 2 is 1.67 bits per heavy atom. The predicted molar refractivity (Wildman–Crippen MR) is 125 cm³/mol. The molecule has 0 saturated carbocycles. The van der Waals surface area contributed by atoms with E-state index in [0.29, 0.717) is 24.7 Å². The Morgan fingerprint density at radius 3 is 2.33 bits per heavy atom. The van der Waals surface area contributed by atoms with Crippen LogP contribution in [0.4, 0.5) is 4.79 Å². The molecule has 0 spiro atoms. The first-order chi connectivity index (χ1) is 15.9. The minimum atomic E-state index is -3.86. The highest BCUT2D eigenvalue weighted by atomic mass is 32.2. The van der Waals surface area contributed by atoms with E-state index in [4.69, 9.17) is 5.26 Å². The molecule has 174 valence electrons. The van der Waals surface area contributed by atoms with Crippen LogP contribution in [0.25, 0.3) is 0 Å². The number of carbonyl (C=O) groups is 1. The molecule has 9 heteroatoms. The van der Waals surface area contributed by atoms with E-state index in [1.165, 1.54) is 12.1 Å². The fourth-order valence-corrected chi connectivity index (χ4v) is 5.56. The molecular weight excluding hydrogens is 438 g/mol. The Kier molecular flexibility index (Phi) is 7.28. The van der Waals surface area contributed by atoms with Gasteiger partial charge in [-0.05, 0) is 55.8 Å². The molecule has 2 aliphatic rings. The summed E-state index contributed by atoms with van der Waals surface area (Å²) < 4.78 is 27.0. The molecule has 2 saturated heterocycles. The van der Waals surface area contributed by atoms with Crippen molar-refractivity contribution in [3.8, 4) is 6.07 Å². The summed E-state index contributed by atoms with van der Waals surface area (Å²) in [4.78, 5) is 19.0. The minimum absolute atomic E-state index is 0.0862. The number of nitriles is 1. The van der Waals surface area contributed by atoms with E-state index in [0.717, 1.165) is 51.1 Å². The Hall–Kier alpha value is -2.93. The van der Waals surface area contributed by atoms with E-state index in [2.05, 4.69) is 26.7 Å². The molecule has 0 aromatic heterocycles. The second kappa shape index (κ2) is 10.3. The van der Waals surface area contributed by atoms with Gasteiger partial charge >= 0.3 is 6.03 Å². The summed E-state index contributed by atoms with van der Waals surface area (Å²) in [5.74, 6) is 0. The number of piperazine rings is 1. The van der Waals surface area contributed by atoms with E-state index in [1.54, 1.807) is 23.1 Å². The van der Waals surface area contributed by atoms with Crippen LogP contribution in [0.5, 0.6) is 0 Å². The monoisotopic (exact) mass is 467 g/mol. The number of carbonyl (C=O) groups excluding carboxylic acids is 1. The molecule has 2 fully saturated rings. The van der Waals surface area contributed by atoms with Crippen LogP contribution in [0.3, 0.4) is 0 Å². The standard InChI is InChI=1S/C24H29N5O3S/c25-18-20-5-4-6-21(17-20)19-27-11-9-22(10-12-27)28-13-15-29(16-14-28)24(30)26-33(31,32)23-7-2-1-3-8-23/h1-8,17,22H,9-16,19H2,(H,26,30). The van der Waals surface area contributed by atoms with Gasteiger partial charge < -0.3 is 4.90 Å². The van der Waals surface area contributed by atoms with Crippen molar-refractivity contribution in [2.24, 2.45) is 0 Å². The van der Waals surface area contributed by atoms with E-state index in [1.807, 2.05) is 18.2 Å². The summed E-state index contributed by atoms with van der Waals surface area (Å²) in [6.45, 7) is 5.36. The number of sulfonamides is 1. The molecule has 0 unspecified atom stereocenters. The highest BCUT2D eigenvalue weighted by Gasteiger charge is 2.30. The van der Waals surface area contributed by atoms with Crippen molar-refractivity contribution in [3.05, 3.63) is 65.7 Å². The quantitative estimate of drug-likeness (QED) is 0.725. The zero-order valence-corrected chi connectivity index (χ0v) is 19.4. The van der Waals surface area contributed by atoms with Crippen LogP contribution in [0.2, 0.25) is 0 Å². The third-order valence-corrected chi connectivity index (χ3v) is 7.75. The average molecular weight is 468 g/mol. The lowest BCUT2D eigenvalue weighted by molar-refractivity contribution is 0.0677. The Bertz CT molecular complexity index is 1100. The first-order valence-electron chi connectivity index (χ1n) is 11.3. The van der Waals surface area contributed by atoms with Crippen LogP contribution in [0.1, 0.15) is 24.0 Å². The van der Waals surface area contributed by atoms with Crippen LogP contribution in [-0.4, -0.2) is 74.5 Å². The maximum Gasteiger partial charge on any atom is 0.331 e. The van der Waals surface area contributed by atoms with E-state index < -0.39 is 16.1 Å². The van der Waals surface area contributed by atoms with Gasteiger partial charge in [0.1, 0.15) is 0 Å². The largest absolute Gasteiger partial charge is 0.331 e. The molecule has 0 radical (unpaired) electrons. The van der Waals surface area contributed by atoms with Crippen LogP contribution < -0.4 is 4.72 Å². The van der Waals surface area contributed by atoms with Crippen molar-refractivity contribution >= 4 is 16.1 Å². The summed E-state index contributed by atoms with van der Waals surface area (Å²) in [6, 6.07) is 17.8. The summed E-state index contributed by atoms with van der Waals surface area (Å²) >= 11 is 0. The van der Waals surface area contributed by atoms with E-state index >= 15 is 0 Å². The maximum atomic E-state index is 12.5. The van der Waals surface area contributed by atoms with Gasteiger partial charge in [0.05, 0.1) is 16.5 Å². The smallest absolute Gasteiger partial charge is 0.321 e. The van der Waals surface area contributed by atoms with Crippen LogP contribution in [0.15, 0.2) is 59.5 Å².